The highest BCUT2D eigenvalue weighted by molar-refractivity contribution is 6.00. The van der Waals surface area contributed by atoms with Crippen molar-refractivity contribution in [2.45, 2.75) is 26.2 Å². The summed E-state index contributed by atoms with van der Waals surface area (Å²) >= 11 is 0. The largest absolute Gasteiger partial charge is 0.465 e. The van der Waals surface area contributed by atoms with Crippen LogP contribution in [-0.4, -0.2) is 25.2 Å². The average molecular weight is 212 g/mol. The molecule has 1 atom stereocenters. The molecule has 0 amide bonds. The minimum Gasteiger partial charge on any atom is -0.465 e. The first-order valence-corrected chi connectivity index (χ1v) is 5.12. The fourth-order valence-electron chi connectivity index (χ4n) is 1.75. The van der Waals surface area contributed by atoms with Crippen LogP contribution in [0.25, 0.3) is 0 Å². The second-order valence-corrected chi connectivity index (χ2v) is 3.53. The summed E-state index contributed by atoms with van der Waals surface area (Å²) in [6, 6.07) is 0. The number of carbonyl (C=O) groups is 2. The third-order valence-corrected chi connectivity index (χ3v) is 2.53. The van der Waals surface area contributed by atoms with Crippen molar-refractivity contribution in [1.82, 2.24) is 0 Å². The lowest BCUT2D eigenvalue weighted by atomic mass is 9.79. The highest BCUT2D eigenvalue weighted by Gasteiger charge is 2.49. The van der Waals surface area contributed by atoms with Crippen LogP contribution in [0, 0.1) is 5.41 Å². The molecule has 0 aliphatic carbocycles. The van der Waals surface area contributed by atoms with E-state index < -0.39 is 17.4 Å². The number of ether oxygens (including phenoxy) is 2. The Morgan fingerprint density at radius 1 is 1.73 bits per heavy atom. The maximum Gasteiger partial charge on any atom is 0.323 e. The zero-order valence-electron chi connectivity index (χ0n) is 8.95. The Morgan fingerprint density at radius 3 is 3.00 bits per heavy atom. The molecular formula is C11H16O4. The molecule has 0 aromatic heterocycles. The van der Waals surface area contributed by atoms with Gasteiger partial charge in [0.15, 0.2) is 5.41 Å². The SMILES string of the molecule is C=CCC1(C(=O)OCC)CCCOC1=O. The van der Waals surface area contributed by atoms with Gasteiger partial charge >= 0.3 is 11.9 Å². The van der Waals surface area contributed by atoms with Gasteiger partial charge in [0.2, 0.25) is 0 Å². The van der Waals surface area contributed by atoms with Crippen molar-refractivity contribution in [3.05, 3.63) is 12.7 Å². The maximum absolute atomic E-state index is 11.7. The molecule has 1 saturated heterocycles. The van der Waals surface area contributed by atoms with Crippen LogP contribution in [0.2, 0.25) is 0 Å². The van der Waals surface area contributed by atoms with Crippen LogP contribution >= 0.6 is 0 Å². The van der Waals surface area contributed by atoms with Gasteiger partial charge in [0.05, 0.1) is 13.2 Å². The minimum atomic E-state index is -1.14. The van der Waals surface area contributed by atoms with Gasteiger partial charge in [0, 0.05) is 0 Å². The van der Waals surface area contributed by atoms with Crippen molar-refractivity contribution in [2.75, 3.05) is 13.2 Å². The van der Waals surface area contributed by atoms with Crippen molar-refractivity contribution in [3.8, 4) is 0 Å². The fraction of sp³-hybridized carbons (Fsp3) is 0.636. The molecule has 4 heteroatoms. The van der Waals surface area contributed by atoms with Gasteiger partial charge < -0.3 is 9.47 Å². The Kier molecular flexibility index (Phi) is 3.88. The second-order valence-electron chi connectivity index (χ2n) is 3.53. The summed E-state index contributed by atoms with van der Waals surface area (Å²) in [5.41, 5.74) is -1.14. The lowest BCUT2D eigenvalue weighted by Gasteiger charge is -2.31. The van der Waals surface area contributed by atoms with Gasteiger partial charge in [-0.15, -0.1) is 6.58 Å². The van der Waals surface area contributed by atoms with Gasteiger partial charge in [-0.2, -0.15) is 0 Å². The summed E-state index contributed by atoms with van der Waals surface area (Å²) in [7, 11) is 0. The number of hydrogen-bond acceptors (Lipinski definition) is 4. The molecule has 84 valence electrons. The molecule has 0 bridgehead atoms. The maximum atomic E-state index is 11.7. The van der Waals surface area contributed by atoms with E-state index in [1.807, 2.05) is 0 Å². The summed E-state index contributed by atoms with van der Waals surface area (Å²) < 4.78 is 9.85. The molecule has 4 nitrogen and oxygen atoms in total. The van der Waals surface area contributed by atoms with E-state index in [2.05, 4.69) is 6.58 Å². The summed E-state index contributed by atoms with van der Waals surface area (Å²) in [5.74, 6) is -0.971. The topological polar surface area (TPSA) is 52.6 Å². The van der Waals surface area contributed by atoms with Gasteiger partial charge in [-0.3, -0.25) is 9.59 Å². The van der Waals surface area contributed by atoms with Crippen LogP contribution in [0.15, 0.2) is 12.7 Å². The smallest absolute Gasteiger partial charge is 0.323 e. The summed E-state index contributed by atoms with van der Waals surface area (Å²) in [6.45, 7) is 5.93. The van der Waals surface area contributed by atoms with E-state index in [4.69, 9.17) is 9.47 Å². The highest BCUT2D eigenvalue weighted by atomic mass is 16.6. The van der Waals surface area contributed by atoms with Crippen molar-refractivity contribution in [2.24, 2.45) is 5.41 Å². The molecule has 1 rings (SSSR count). The zero-order valence-corrected chi connectivity index (χ0v) is 8.95. The predicted molar refractivity (Wildman–Crippen MR) is 54.1 cm³/mol. The Balaban J connectivity index is 2.89. The molecule has 0 saturated carbocycles. The fourth-order valence-corrected chi connectivity index (χ4v) is 1.75. The van der Waals surface area contributed by atoms with Crippen LogP contribution in [0.4, 0.5) is 0 Å². The van der Waals surface area contributed by atoms with Gasteiger partial charge in [-0.1, -0.05) is 6.08 Å². The molecular weight excluding hydrogens is 196 g/mol. The molecule has 1 aliphatic heterocycles. The van der Waals surface area contributed by atoms with E-state index in [1.165, 1.54) is 0 Å². The third-order valence-electron chi connectivity index (χ3n) is 2.53. The van der Waals surface area contributed by atoms with Crippen LogP contribution < -0.4 is 0 Å². The monoisotopic (exact) mass is 212 g/mol. The zero-order chi connectivity index (χ0) is 11.3. The standard InChI is InChI=1S/C11H16O4/c1-3-6-11(9(12)14-4-2)7-5-8-15-10(11)13/h3H,1,4-8H2,2H3. The molecule has 15 heavy (non-hydrogen) atoms. The van der Waals surface area contributed by atoms with Crippen molar-refractivity contribution in [3.63, 3.8) is 0 Å². The molecule has 0 spiro atoms. The normalized spacial score (nSPS) is 25.5. The van der Waals surface area contributed by atoms with E-state index in [9.17, 15) is 9.59 Å². The lowest BCUT2D eigenvalue weighted by molar-refractivity contribution is -0.177. The van der Waals surface area contributed by atoms with E-state index in [0.717, 1.165) is 0 Å². The third kappa shape index (κ3) is 2.19. The predicted octanol–water partition coefficient (Wildman–Crippen LogP) is 1.45. The first-order chi connectivity index (χ1) is 7.17. The van der Waals surface area contributed by atoms with Crippen LogP contribution in [-0.2, 0) is 19.1 Å². The summed E-state index contributed by atoms with van der Waals surface area (Å²) in [4.78, 5) is 23.4. The van der Waals surface area contributed by atoms with Crippen LogP contribution in [0.5, 0.6) is 0 Å². The van der Waals surface area contributed by atoms with Gasteiger partial charge in [0.1, 0.15) is 0 Å². The van der Waals surface area contributed by atoms with Crippen molar-refractivity contribution >= 4 is 11.9 Å². The molecule has 0 aromatic carbocycles. The highest BCUT2D eigenvalue weighted by Crippen LogP contribution is 2.35. The quantitative estimate of drug-likeness (QED) is 0.402. The number of allylic oxidation sites excluding steroid dienone is 1. The van der Waals surface area contributed by atoms with E-state index in [-0.39, 0.29) is 13.0 Å². The molecule has 1 heterocycles. The van der Waals surface area contributed by atoms with Crippen molar-refractivity contribution < 1.29 is 19.1 Å². The minimum absolute atomic E-state index is 0.269. The van der Waals surface area contributed by atoms with Gasteiger partial charge in [0.25, 0.3) is 0 Å². The Hall–Kier alpha value is -1.32. The molecule has 1 aliphatic rings. The molecule has 0 radical (unpaired) electrons. The van der Waals surface area contributed by atoms with Gasteiger partial charge in [-0.05, 0) is 26.2 Å². The summed E-state index contributed by atoms with van der Waals surface area (Å²) in [5, 5.41) is 0. The second kappa shape index (κ2) is 4.96. The average Bonchev–Trinajstić information content (AvgIpc) is 2.22. The van der Waals surface area contributed by atoms with E-state index >= 15 is 0 Å². The van der Waals surface area contributed by atoms with Gasteiger partial charge in [-0.25, -0.2) is 0 Å². The number of esters is 2. The summed E-state index contributed by atoms with van der Waals surface area (Å²) in [6.07, 6.45) is 3.02. The first kappa shape index (κ1) is 11.8. The van der Waals surface area contributed by atoms with Crippen molar-refractivity contribution in [1.29, 1.82) is 0 Å². The molecule has 1 unspecified atom stereocenters. The van der Waals surface area contributed by atoms with E-state index in [0.29, 0.717) is 19.4 Å². The Bertz CT molecular complexity index is 272. The number of cyclic esters (lactones) is 1. The van der Waals surface area contributed by atoms with E-state index in [1.54, 1.807) is 13.0 Å². The number of hydrogen-bond donors (Lipinski definition) is 0. The van der Waals surface area contributed by atoms with Crippen LogP contribution in [0.1, 0.15) is 26.2 Å². The van der Waals surface area contributed by atoms with Crippen LogP contribution in [0.3, 0.4) is 0 Å². The Morgan fingerprint density at radius 2 is 2.47 bits per heavy atom. The first-order valence-electron chi connectivity index (χ1n) is 5.12. The number of rotatable bonds is 4. The Labute approximate surface area is 89.2 Å². The lowest BCUT2D eigenvalue weighted by Crippen LogP contribution is -2.44. The molecule has 1 fully saturated rings. The molecule has 0 aromatic rings. The number of carbonyl (C=O) groups excluding carboxylic acids is 2. The molecule has 0 N–H and O–H groups in total.